The highest BCUT2D eigenvalue weighted by Gasteiger charge is 2.32. The molecule has 0 saturated heterocycles. The molecule has 0 aromatic carbocycles. The van der Waals surface area contributed by atoms with Crippen molar-refractivity contribution in [1.82, 2.24) is 0 Å². The standard InChI is InChI=1S/C15H24O2/c1-4-12-7-5-6-8-13(12)15(16)14-9-10(2)17-11(14)3/h9,12-13,15-16H,4-8H2,1-3H3. The van der Waals surface area contributed by atoms with Crippen molar-refractivity contribution >= 4 is 0 Å². The Morgan fingerprint density at radius 3 is 2.65 bits per heavy atom. The van der Waals surface area contributed by atoms with Gasteiger partial charge in [0.15, 0.2) is 0 Å². The van der Waals surface area contributed by atoms with Gasteiger partial charge in [0.25, 0.3) is 0 Å². The van der Waals surface area contributed by atoms with Crippen molar-refractivity contribution in [3.05, 3.63) is 23.2 Å². The van der Waals surface area contributed by atoms with E-state index in [1.54, 1.807) is 0 Å². The minimum absolute atomic E-state index is 0.335. The highest BCUT2D eigenvalue weighted by atomic mass is 16.3. The summed E-state index contributed by atoms with van der Waals surface area (Å²) in [5.74, 6) is 2.88. The summed E-state index contributed by atoms with van der Waals surface area (Å²) in [7, 11) is 0. The minimum Gasteiger partial charge on any atom is -0.466 e. The third kappa shape index (κ3) is 2.57. The molecule has 2 heteroatoms. The van der Waals surface area contributed by atoms with Crippen molar-refractivity contribution in [3.8, 4) is 0 Å². The van der Waals surface area contributed by atoms with Gasteiger partial charge >= 0.3 is 0 Å². The molecule has 1 heterocycles. The maximum atomic E-state index is 10.6. The van der Waals surface area contributed by atoms with Crippen LogP contribution in [0.15, 0.2) is 10.5 Å². The quantitative estimate of drug-likeness (QED) is 0.855. The van der Waals surface area contributed by atoms with Crippen molar-refractivity contribution in [2.45, 2.75) is 59.0 Å². The summed E-state index contributed by atoms with van der Waals surface area (Å²) in [6, 6.07) is 2.00. The third-order valence-corrected chi connectivity index (χ3v) is 4.30. The maximum Gasteiger partial charge on any atom is 0.106 e. The zero-order valence-electron chi connectivity index (χ0n) is 11.2. The summed E-state index contributed by atoms with van der Waals surface area (Å²) >= 11 is 0. The van der Waals surface area contributed by atoms with Crippen LogP contribution in [0.25, 0.3) is 0 Å². The van der Waals surface area contributed by atoms with Gasteiger partial charge in [0, 0.05) is 5.56 Å². The van der Waals surface area contributed by atoms with Crippen molar-refractivity contribution in [1.29, 1.82) is 0 Å². The Kier molecular flexibility index (Phi) is 3.93. The van der Waals surface area contributed by atoms with Crippen LogP contribution in [0.4, 0.5) is 0 Å². The van der Waals surface area contributed by atoms with Crippen LogP contribution in [0.3, 0.4) is 0 Å². The molecule has 1 aromatic rings. The molecule has 1 aromatic heterocycles. The molecule has 1 aliphatic carbocycles. The van der Waals surface area contributed by atoms with E-state index in [2.05, 4.69) is 6.92 Å². The van der Waals surface area contributed by atoms with E-state index in [1.807, 2.05) is 19.9 Å². The Labute approximate surface area is 104 Å². The van der Waals surface area contributed by atoms with Crippen molar-refractivity contribution in [3.63, 3.8) is 0 Å². The van der Waals surface area contributed by atoms with Gasteiger partial charge in [-0.05, 0) is 38.2 Å². The molecule has 1 N–H and O–H groups in total. The molecule has 1 saturated carbocycles. The minimum atomic E-state index is -0.335. The first-order valence-electron chi connectivity index (χ1n) is 6.88. The fourth-order valence-corrected chi connectivity index (χ4v) is 3.33. The first-order chi connectivity index (χ1) is 8.13. The first kappa shape index (κ1) is 12.7. The number of furan rings is 1. The average Bonchev–Trinajstić information content (AvgIpc) is 2.67. The van der Waals surface area contributed by atoms with Crippen LogP contribution >= 0.6 is 0 Å². The molecule has 3 atom stereocenters. The molecule has 2 rings (SSSR count). The second kappa shape index (κ2) is 5.26. The van der Waals surface area contributed by atoms with Crippen LogP contribution in [-0.2, 0) is 0 Å². The number of aliphatic hydroxyl groups excluding tert-OH is 1. The molecule has 0 bridgehead atoms. The second-order valence-electron chi connectivity index (χ2n) is 5.43. The van der Waals surface area contributed by atoms with Gasteiger partial charge in [0.1, 0.15) is 11.5 Å². The Morgan fingerprint density at radius 1 is 1.35 bits per heavy atom. The average molecular weight is 236 g/mol. The van der Waals surface area contributed by atoms with Crippen LogP contribution in [0.5, 0.6) is 0 Å². The van der Waals surface area contributed by atoms with E-state index in [1.165, 1.54) is 25.7 Å². The smallest absolute Gasteiger partial charge is 0.106 e. The fraction of sp³-hybridized carbons (Fsp3) is 0.733. The lowest BCUT2D eigenvalue weighted by Crippen LogP contribution is -2.25. The zero-order valence-corrected chi connectivity index (χ0v) is 11.2. The largest absolute Gasteiger partial charge is 0.466 e. The number of aryl methyl sites for hydroxylation is 2. The molecule has 1 aliphatic rings. The maximum absolute atomic E-state index is 10.6. The molecular weight excluding hydrogens is 212 g/mol. The Hall–Kier alpha value is -0.760. The molecule has 0 amide bonds. The van der Waals surface area contributed by atoms with E-state index in [0.717, 1.165) is 23.5 Å². The lowest BCUT2D eigenvalue weighted by atomic mass is 9.73. The van der Waals surface area contributed by atoms with E-state index in [-0.39, 0.29) is 6.10 Å². The Morgan fingerprint density at radius 2 is 2.06 bits per heavy atom. The predicted octanol–water partition coefficient (Wildman–Crippen LogP) is 4.15. The van der Waals surface area contributed by atoms with Crippen LogP contribution in [0.1, 0.15) is 62.2 Å². The van der Waals surface area contributed by atoms with E-state index < -0.39 is 0 Å². The Balaban J connectivity index is 2.17. The summed E-state index contributed by atoms with van der Waals surface area (Å²) in [5.41, 5.74) is 1.01. The molecule has 0 aliphatic heterocycles. The molecule has 96 valence electrons. The summed E-state index contributed by atoms with van der Waals surface area (Å²) < 4.78 is 5.54. The van der Waals surface area contributed by atoms with E-state index in [0.29, 0.717) is 11.8 Å². The van der Waals surface area contributed by atoms with Crippen molar-refractivity contribution < 1.29 is 9.52 Å². The van der Waals surface area contributed by atoms with Gasteiger partial charge in [0.2, 0.25) is 0 Å². The molecular formula is C15H24O2. The second-order valence-corrected chi connectivity index (χ2v) is 5.43. The van der Waals surface area contributed by atoms with Crippen LogP contribution in [-0.4, -0.2) is 5.11 Å². The number of aliphatic hydroxyl groups is 1. The predicted molar refractivity (Wildman–Crippen MR) is 68.9 cm³/mol. The number of hydrogen-bond acceptors (Lipinski definition) is 2. The van der Waals surface area contributed by atoms with Crippen molar-refractivity contribution in [2.75, 3.05) is 0 Å². The monoisotopic (exact) mass is 236 g/mol. The number of rotatable bonds is 3. The molecule has 1 fully saturated rings. The topological polar surface area (TPSA) is 33.4 Å². The Bertz CT molecular complexity index is 367. The third-order valence-electron chi connectivity index (χ3n) is 4.30. The molecule has 2 nitrogen and oxygen atoms in total. The summed E-state index contributed by atoms with van der Waals surface area (Å²) in [6.45, 7) is 6.14. The van der Waals surface area contributed by atoms with Gasteiger partial charge in [-0.1, -0.05) is 32.6 Å². The zero-order chi connectivity index (χ0) is 12.4. The summed E-state index contributed by atoms with van der Waals surface area (Å²) in [6.07, 6.45) is 5.85. The summed E-state index contributed by atoms with van der Waals surface area (Å²) in [4.78, 5) is 0. The van der Waals surface area contributed by atoms with Gasteiger partial charge in [-0.3, -0.25) is 0 Å². The molecule has 0 spiro atoms. The summed E-state index contributed by atoms with van der Waals surface area (Å²) in [5, 5.41) is 10.6. The van der Waals surface area contributed by atoms with Crippen LogP contribution in [0.2, 0.25) is 0 Å². The highest BCUT2D eigenvalue weighted by Crippen LogP contribution is 2.41. The number of hydrogen-bond donors (Lipinski definition) is 1. The molecule has 3 unspecified atom stereocenters. The van der Waals surface area contributed by atoms with Gasteiger partial charge < -0.3 is 9.52 Å². The van der Waals surface area contributed by atoms with Gasteiger partial charge in [-0.15, -0.1) is 0 Å². The normalized spacial score (nSPS) is 27.1. The van der Waals surface area contributed by atoms with Crippen molar-refractivity contribution in [2.24, 2.45) is 11.8 Å². The van der Waals surface area contributed by atoms with Gasteiger partial charge in [0.05, 0.1) is 6.10 Å². The lowest BCUT2D eigenvalue weighted by molar-refractivity contribution is 0.0442. The van der Waals surface area contributed by atoms with Crippen LogP contribution in [0, 0.1) is 25.7 Å². The fourth-order valence-electron chi connectivity index (χ4n) is 3.33. The van der Waals surface area contributed by atoms with Gasteiger partial charge in [-0.2, -0.15) is 0 Å². The first-order valence-corrected chi connectivity index (χ1v) is 6.88. The van der Waals surface area contributed by atoms with E-state index >= 15 is 0 Å². The highest BCUT2D eigenvalue weighted by molar-refractivity contribution is 5.23. The SMILES string of the molecule is CCC1CCCCC1C(O)c1cc(C)oc1C. The van der Waals surface area contributed by atoms with E-state index in [4.69, 9.17) is 4.42 Å². The molecule has 17 heavy (non-hydrogen) atoms. The van der Waals surface area contributed by atoms with E-state index in [9.17, 15) is 5.11 Å². The van der Waals surface area contributed by atoms with Crippen LogP contribution < -0.4 is 0 Å². The lowest BCUT2D eigenvalue weighted by Gasteiger charge is -2.34. The molecule has 0 radical (unpaired) electrons. The van der Waals surface area contributed by atoms with Gasteiger partial charge in [-0.25, -0.2) is 0 Å².